The molecule has 1 aromatic carbocycles. The Morgan fingerprint density at radius 3 is 2.80 bits per heavy atom. The van der Waals surface area contributed by atoms with E-state index in [-0.39, 0.29) is 5.75 Å². The molecule has 1 aromatic heterocycles. The van der Waals surface area contributed by atoms with Gasteiger partial charge in [0.1, 0.15) is 5.82 Å². The summed E-state index contributed by atoms with van der Waals surface area (Å²) in [4.78, 5) is 4.24. The third-order valence-electron chi connectivity index (χ3n) is 2.59. The number of nitrogens with zero attached hydrogens (tertiary/aromatic N) is 1. The molecule has 106 valence electrons. The molecule has 0 saturated carbocycles. The van der Waals surface area contributed by atoms with Crippen molar-refractivity contribution in [1.82, 2.24) is 4.98 Å². The third-order valence-corrected chi connectivity index (χ3v) is 2.59. The lowest BCUT2D eigenvalue weighted by molar-refractivity contribution is 0.329. The lowest BCUT2D eigenvalue weighted by Gasteiger charge is -2.11. The maximum atomic E-state index is 13.3. The van der Waals surface area contributed by atoms with Crippen molar-refractivity contribution in [1.29, 1.82) is 0 Å². The van der Waals surface area contributed by atoms with E-state index >= 15 is 0 Å². The minimum atomic E-state index is -0.418. The van der Waals surface area contributed by atoms with Crippen LogP contribution in [0.4, 0.5) is 21.6 Å². The number of halogens is 1. The first kappa shape index (κ1) is 13.9. The Kier molecular flexibility index (Phi) is 4.24. The Morgan fingerprint density at radius 2 is 2.10 bits per heavy atom. The van der Waals surface area contributed by atoms with Gasteiger partial charge in [-0.05, 0) is 31.2 Å². The normalized spacial score (nSPS) is 10.2. The minimum Gasteiger partial charge on any atom is -0.494 e. The van der Waals surface area contributed by atoms with Crippen molar-refractivity contribution in [2.24, 2.45) is 0 Å². The summed E-state index contributed by atoms with van der Waals surface area (Å²) in [5, 5.41) is 3.04. The van der Waals surface area contributed by atoms with E-state index in [2.05, 4.69) is 10.3 Å². The van der Waals surface area contributed by atoms with E-state index in [1.807, 2.05) is 6.92 Å². The van der Waals surface area contributed by atoms with Gasteiger partial charge in [0.2, 0.25) is 5.88 Å². The van der Waals surface area contributed by atoms with Crippen LogP contribution in [0.3, 0.4) is 0 Å². The molecule has 5 nitrogen and oxygen atoms in total. The van der Waals surface area contributed by atoms with Crippen molar-refractivity contribution >= 4 is 17.2 Å². The van der Waals surface area contributed by atoms with Crippen LogP contribution in [0.5, 0.6) is 11.6 Å². The molecule has 0 saturated heterocycles. The fourth-order valence-corrected chi connectivity index (χ4v) is 1.66. The van der Waals surface area contributed by atoms with Crippen molar-refractivity contribution in [3.63, 3.8) is 0 Å². The summed E-state index contributed by atoms with van der Waals surface area (Å²) in [6.45, 7) is 2.33. The van der Waals surface area contributed by atoms with Crippen molar-refractivity contribution in [3.8, 4) is 11.6 Å². The van der Waals surface area contributed by atoms with E-state index in [9.17, 15) is 4.39 Å². The number of aromatic nitrogens is 1. The third kappa shape index (κ3) is 3.09. The Morgan fingerprint density at radius 1 is 1.30 bits per heavy atom. The summed E-state index contributed by atoms with van der Waals surface area (Å²) in [5.41, 5.74) is 6.87. The average molecular weight is 277 g/mol. The summed E-state index contributed by atoms with van der Waals surface area (Å²) in [5.74, 6) is 0.664. The quantitative estimate of drug-likeness (QED) is 0.879. The number of hydrogen-bond acceptors (Lipinski definition) is 5. The van der Waals surface area contributed by atoms with Gasteiger partial charge >= 0.3 is 0 Å². The van der Waals surface area contributed by atoms with E-state index in [0.29, 0.717) is 29.7 Å². The highest BCUT2D eigenvalue weighted by atomic mass is 19.1. The van der Waals surface area contributed by atoms with Gasteiger partial charge in [0.05, 0.1) is 19.4 Å². The summed E-state index contributed by atoms with van der Waals surface area (Å²) < 4.78 is 23.6. The first-order chi connectivity index (χ1) is 9.63. The summed E-state index contributed by atoms with van der Waals surface area (Å²) in [6.07, 6.45) is 0. The molecule has 0 spiro atoms. The molecule has 0 fully saturated rings. The number of ether oxygens (including phenoxy) is 2. The second-order valence-corrected chi connectivity index (χ2v) is 4.00. The summed E-state index contributed by atoms with van der Waals surface area (Å²) in [7, 11) is 1.41. The molecule has 20 heavy (non-hydrogen) atoms. The van der Waals surface area contributed by atoms with E-state index in [4.69, 9.17) is 15.2 Å². The minimum absolute atomic E-state index is 0.162. The van der Waals surface area contributed by atoms with E-state index in [1.165, 1.54) is 13.2 Å². The molecule has 0 amide bonds. The number of benzene rings is 1. The van der Waals surface area contributed by atoms with E-state index in [1.54, 1.807) is 24.3 Å². The Hall–Kier alpha value is -2.50. The van der Waals surface area contributed by atoms with Crippen LogP contribution in [-0.4, -0.2) is 18.7 Å². The van der Waals surface area contributed by atoms with Crippen molar-refractivity contribution < 1.29 is 13.9 Å². The number of nitrogen functional groups attached to an aromatic ring is 1. The molecular formula is C14H16FN3O2. The van der Waals surface area contributed by atoms with Crippen LogP contribution in [0.1, 0.15) is 6.92 Å². The average Bonchev–Trinajstić information content (AvgIpc) is 2.45. The molecular weight excluding hydrogens is 261 g/mol. The lowest BCUT2D eigenvalue weighted by Crippen LogP contribution is -2.02. The van der Waals surface area contributed by atoms with Gasteiger partial charge in [-0.15, -0.1) is 0 Å². The Labute approximate surface area is 116 Å². The van der Waals surface area contributed by atoms with Crippen molar-refractivity contribution in [2.75, 3.05) is 24.8 Å². The topological polar surface area (TPSA) is 69.4 Å². The molecule has 3 N–H and O–H groups in total. The fourth-order valence-electron chi connectivity index (χ4n) is 1.66. The first-order valence-corrected chi connectivity index (χ1v) is 6.14. The van der Waals surface area contributed by atoms with Crippen LogP contribution < -0.4 is 20.5 Å². The van der Waals surface area contributed by atoms with Gasteiger partial charge < -0.3 is 20.5 Å². The van der Waals surface area contributed by atoms with Gasteiger partial charge in [-0.1, -0.05) is 0 Å². The van der Waals surface area contributed by atoms with Gasteiger partial charge in [0.25, 0.3) is 0 Å². The highest BCUT2D eigenvalue weighted by Crippen LogP contribution is 2.26. The lowest BCUT2D eigenvalue weighted by atomic mass is 10.3. The highest BCUT2D eigenvalue weighted by Gasteiger charge is 2.07. The molecule has 0 unspecified atom stereocenters. The zero-order valence-electron chi connectivity index (χ0n) is 11.3. The van der Waals surface area contributed by atoms with Gasteiger partial charge in [0.15, 0.2) is 11.6 Å². The maximum Gasteiger partial charge on any atom is 0.239 e. The van der Waals surface area contributed by atoms with Gasteiger partial charge in [-0.3, -0.25) is 0 Å². The van der Waals surface area contributed by atoms with Gasteiger partial charge in [-0.2, -0.15) is 4.98 Å². The highest BCUT2D eigenvalue weighted by molar-refractivity contribution is 5.62. The Balaban J connectivity index is 2.23. The number of nitrogens with two attached hydrogens (primary N) is 1. The fraction of sp³-hybridized carbons (Fsp3) is 0.214. The number of anilines is 3. The molecule has 6 heteroatoms. The molecule has 0 aliphatic heterocycles. The Bertz CT molecular complexity index is 605. The molecule has 0 aliphatic carbocycles. The largest absolute Gasteiger partial charge is 0.494 e. The van der Waals surface area contributed by atoms with Gasteiger partial charge in [-0.25, -0.2) is 4.39 Å². The summed E-state index contributed by atoms with van der Waals surface area (Å²) >= 11 is 0. The second kappa shape index (κ2) is 6.10. The number of rotatable bonds is 5. The van der Waals surface area contributed by atoms with Crippen LogP contribution in [0, 0.1) is 5.82 Å². The maximum absolute atomic E-state index is 13.3. The predicted molar refractivity (Wildman–Crippen MR) is 76.1 cm³/mol. The number of methoxy groups -OCH3 is 1. The van der Waals surface area contributed by atoms with Crippen LogP contribution in [0.25, 0.3) is 0 Å². The number of nitrogens with one attached hydrogen (secondary N) is 1. The molecule has 0 bridgehead atoms. The molecule has 2 rings (SSSR count). The molecule has 1 heterocycles. The second-order valence-electron chi connectivity index (χ2n) is 4.00. The predicted octanol–water partition coefficient (Wildman–Crippen LogP) is 2.95. The van der Waals surface area contributed by atoms with E-state index in [0.717, 1.165) is 0 Å². The first-order valence-electron chi connectivity index (χ1n) is 6.14. The smallest absolute Gasteiger partial charge is 0.239 e. The van der Waals surface area contributed by atoms with Crippen LogP contribution in [-0.2, 0) is 0 Å². The molecule has 0 aliphatic rings. The molecule has 0 atom stereocenters. The van der Waals surface area contributed by atoms with Crippen LogP contribution in [0.15, 0.2) is 30.3 Å². The number of hydrogen-bond donors (Lipinski definition) is 2. The molecule has 2 aromatic rings. The zero-order chi connectivity index (χ0) is 14.5. The van der Waals surface area contributed by atoms with Crippen molar-refractivity contribution in [2.45, 2.75) is 6.92 Å². The van der Waals surface area contributed by atoms with E-state index < -0.39 is 5.82 Å². The standard InChI is InChI=1S/C14H16FN3O2/c1-3-20-14-11(16)6-7-13(18-14)17-9-4-5-10(15)12(8-9)19-2/h4-8H,3,16H2,1-2H3,(H,17,18). The van der Waals surface area contributed by atoms with Crippen LogP contribution >= 0.6 is 0 Å². The van der Waals surface area contributed by atoms with Gasteiger partial charge in [0, 0.05) is 11.8 Å². The number of pyridine rings is 1. The monoisotopic (exact) mass is 277 g/mol. The SMILES string of the molecule is CCOc1nc(Nc2ccc(F)c(OC)c2)ccc1N. The zero-order valence-corrected chi connectivity index (χ0v) is 11.3. The van der Waals surface area contributed by atoms with Crippen molar-refractivity contribution in [3.05, 3.63) is 36.1 Å². The summed E-state index contributed by atoms with van der Waals surface area (Å²) in [6, 6.07) is 7.88. The van der Waals surface area contributed by atoms with Crippen LogP contribution in [0.2, 0.25) is 0 Å². The molecule has 0 radical (unpaired) electrons.